The SMILES string of the molecule is CNc1cc(-c2cc(NC(=O)c3csc(CN4C[C@@H](C)O[C@@H](C)C4)n3)c3cn[nH]c3c2)cnc1OC. The molecule has 1 aliphatic heterocycles. The zero-order valence-corrected chi connectivity index (χ0v) is 21.5. The number of methoxy groups -OCH3 is 1. The number of pyridine rings is 1. The fourth-order valence-electron chi connectivity index (χ4n) is 4.55. The van der Waals surface area contributed by atoms with Gasteiger partial charge in [0.05, 0.1) is 49.0 Å². The van der Waals surface area contributed by atoms with Gasteiger partial charge in [0.25, 0.3) is 5.91 Å². The van der Waals surface area contributed by atoms with Gasteiger partial charge in [-0.05, 0) is 37.6 Å². The summed E-state index contributed by atoms with van der Waals surface area (Å²) in [6.45, 7) is 6.57. The Morgan fingerprint density at radius 3 is 2.72 bits per heavy atom. The minimum Gasteiger partial charge on any atom is -0.480 e. The lowest BCUT2D eigenvalue weighted by atomic mass is 10.0. The molecule has 0 spiro atoms. The van der Waals surface area contributed by atoms with Gasteiger partial charge in [0.15, 0.2) is 0 Å². The van der Waals surface area contributed by atoms with E-state index in [0.717, 1.165) is 45.8 Å². The number of rotatable bonds is 7. The van der Waals surface area contributed by atoms with Crippen LogP contribution in [0.5, 0.6) is 5.88 Å². The van der Waals surface area contributed by atoms with Crippen molar-refractivity contribution in [1.29, 1.82) is 0 Å². The van der Waals surface area contributed by atoms with Crippen molar-refractivity contribution in [3.63, 3.8) is 0 Å². The van der Waals surface area contributed by atoms with Crippen LogP contribution in [0.4, 0.5) is 11.4 Å². The highest BCUT2D eigenvalue weighted by molar-refractivity contribution is 7.09. The Hall–Kier alpha value is -3.54. The molecular weight excluding hydrogens is 478 g/mol. The molecule has 0 unspecified atom stereocenters. The van der Waals surface area contributed by atoms with Gasteiger partial charge in [-0.15, -0.1) is 11.3 Å². The van der Waals surface area contributed by atoms with Gasteiger partial charge in [-0.1, -0.05) is 0 Å². The predicted molar refractivity (Wildman–Crippen MR) is 141 cm³/mol. The number of anilines is 2. The van der Waals surface area contributed by atoms with E-state index in [2.05, 4.69) is 49.5 Å². The standard InChI is InChI=1S/C25H29N7O3S/c1-14-10-32(11-15(2)35-14)12-23-29-22(13-36-23)24(33)30-19-5-16(6-20-18(19)9-28-31-20)17-7-21(26-3)25(34-4)27-8-17/h5-9,13-15,26H,10-12H2,1-4H3,(H,28,31)(H,30,33)/t14-,15+. The zero-order valence-electron chi connectivity index (χ0n) is 20.7. The van der Waals surface area contributed by atoms with Crippen molar-refractivity contribution in [1.82, 2.24) is 25.1 Å². The van der Waals surface area contributed by atoms with Crippen LogP contribution in [0.3, 0.4) is 0 Å². The van der Waals surface area contributed by atoms with E-state index in [1.54, 1.807) is 24.9 Å². The Balaban J connectivity index is 1.37. The number of amides is 1. The first-order valence-electron chi connectivity index (χ1n) is 11.8. The van der Waals surface area contributed by atoms with Gasteiger partial charge in [-0.2, -0.15) is 5.10 Å². The first-order valence-corrected chi connectivity index (χ1v) is 12.6. The number of thiazole rings is 1. The number of fused-ring (bicyclic) bond motifs is 1. The minimum absolute atomic E-state index is 0.186. The highest BCUT2D eigenvalue weighted by Gasteiger charge is 2.23. The number of ether oxygens (including phenoxy) is 2. The Morgan fingerprint density at radius 2 is 1.97 bits per heavy atom. The van der Waals surface area contributed by atoms with Gasteiger partial charge in [0.2, 0.25) is 5.88 Å². The Bertz CT molecular complexity index is 1380. The molecule has 3 aromatic heterocycles. The van der Waals surface area contributed by atoms with Crippen molar-refractivity contribution >= 4 is 39.5 Å². The van der Waals surface area contributed by atoms with E-state index < -0.39 is 0 Å². The monoisotopic (exact) mass is 507 g/mol. The molecule has 4 aromatic rings. The van der Waals surface area contributed by atoms with Crippen LogP contribution in [0.25, 0.3) is 22.0 Å². The first kappa shape index (κ1) is 24.2. The lowest BCUT2D eigenvalue weighted by Gasteiger charge is -2.34. The van der Waals surface area contributed by atoms with Gasteiger partial charge >= 0.3 is 0 Å². The van der Waals surface area contributed by atoms with E-state index in [4.69, 9.17) is 9.47 Å². The topological polar surface area (TPSA) is 117 Å². The number of hydrogen-bond acceptors (Lipinski definition) is 9. The van der Waals surface area contributed by atoms with Crippen molar-refractivity contribution in [2.75, 3.05) is 37.9 Å². The highest BCUT2D eigenvalue weighted by atomic mass is 32.1. The number of morpholine rings is 1. The molecule has 36 heavy (non-hydrogen) atoms. The second kappa shape index (κ2) is 10.2. The van der Waals surface area contributed by atoms with E-state index >= 15 is 0 Å². The number of aromatic amines is 1. The summed E-state index contributed by atoms with van der Waals surface area (Å²) in [6.07, 6.45) is 3.81. The van der Waals surface area contributed by atoms with E-state index in [1.165, 1.54) is 11.3 Å². The molecular formula is C25H29N7O3S. The van der Waals surface area contributed by atoms with Crippen LogP contribution in [-0.2, 0) is 11.3 Å². The molecule has 0 bridgehead atoms. The van der Waals surface area contributed by atoms with E-state index in [-0.39, 0.29) is 18.1 Å². The second-order valence-electron chi connectivity index (χ2n) is 8.92. The maximum atomic E-state index is 13.2. The van der Waals surface area contributed by atoms with Crippen LogP contribution < -0.4 is 15.4 Å². The molecule has 5 rings (SSSR count). The number of hydrogen-bond donors (Lipinski definition) is 3. The molecule has 10 nitrogen and oxygen atoms in total. The summed E-state index contributed by atoms with van der Waals surface area (Å²) in [5.74, 6) is 0.252. The van der Waals surface area contributed by atoms with Crippen molar-refractivity contribution < 1.29 is 14.3 Å². The number of carbonyl (C=O) groups is 1. The third-order valence-electron chi connectivity index (χ3n) is 6.09. The Labute approximate surface area is 213 Å². The highest BCUT2D eigenvalue weighted by Crippen LogP contribution is 2.33. The number of nitrogens with one attached hydrogen (secondary N) is 3. The summed E-state index contributed by atoms with van der Waals surface area (Å²) in [5, 5.41) is 16.8. The predicted octanol–water partition coefficient (Wildman–Crippen LogP) is 3.99. The summed E-state index contributed by atoms with van der Waals surface area (Å²) < 4.78 is 11.1. The van der Waals surface area contributed by atoms with Crippen LogP contribution in [0.15, 0.2) is 36.0 Å². The van der Waals surface area contributed by atoms with Gasteiger partial charge in [0.1, 0.15) is 10.7 Å². The third-order valence-corrected chi connectivity index (χ3v) is 6.93. The summed E-state index contributed by atoms with van der Waals surface area (Å²) in [7, 11) is 3.40. The van der Waals surface area contributed by atoms with Crippen molar-refractivity contribution in [2.24, 2.45) is 0 Å². The van der Waals surface area contributed by atoms with E-state index in [1.807, 2.05) is 25.2 Å². The van der Waals surface area contributed by atoms with Crippen molar-refractivity contribution in [3.8, 4) is 17.0 Å². The molecule has 0 radical (unpaired) electrons. The molecule has 3 N–H and O–H groups in total. The van der Waals surface area contributed by atoms with Crippen LogP contribution in [-0.4, -0.2) is 70.4 Å². The van der Waals surface area contributed by atoms with Crippen LogP contribution >= 0.6 is 11.3 Å². The molecule has 1 aliphatic rings. The summed E-state index contributed by atoms with van der Waals surface area (Å²) in [6, 6.07) is 5.85. The van der Waals surface area contributed by atoms with Gasteiger partial charge in [0, 0.05) is 42.7 Å². The average Bonchev–Trinajstić information content (AvgIpc) is 3.52. The van der Waals surface area contributed by atoms with Gasteiger partial charge < -0.3 is 20.1 Å². The lowest BCUT2D eigenvalue weighted by Crippen LogP contribution is -2.44. The fourth-order valence-corrected chi connectivity index (χ4v) is 5.37. The normalized spacial score (nSPS) is 18.3. The first-order chi connectivity index (χ1) is 17.4. The third kappa shape index (κ3) is 5.03. The summed E-state index contributed by atoms with van der Waals surface area (Å²) >= 11 is 1.50. The zero-order chi connectivity index (χ0) is 25.2. The maximum absolute atomic E-state index is 13.2. The molecule has 11 heteroatoms. The van der Waals surface area contributed by atoms with Crippen molar-refractivity contribution in [2.45, 2.75) is 32.6 Å². The second-order valence-corrected chi connectivity index (χ2v) is 9.86. The Kier molecular flexibility index (Phi) is 6.86. The van der Waals surface area contributed by atoms with Crippen molar-refractivity contribution in [3.05, 3.63) is 46.7 Å². The summed E-state index contributed by atoms with van der Waals surface area (Å²) in [5.41, 5.74) is 4.37. The summed E-state index contributed by atoms with van der Waals surface area (Å²) in [4.78, 5) is 24.5. The lowest BCUT2D eigenvalue weighted by molar-refractivity contribution is -0.0705. The van der Waals surface area contributed by atoms with Crippen LogP contribution in [0.1, 0.15) is 29.3 Å². The van der Waals surface area contributed by atoms with Crippen LogP contribution in [0.2, 0.25) is 0 Å². The Morgan fingerprint density at radius 1 is 1.19 bits per heavy atom. The fraction of sp³-hybridized carbons (Fsp3) is 0.360. The van der Waals surface area contributed by atoms with E-state index in [9.17, 15) is 4.79 Å². The molecule has 4 heterocycles. The largest absolute Gasteiger partial charge is 0.480 e. The number of benzene rings is 1. The maximum Gasteiger partial charge on any atom is 0.275 e. The van der Waals surface area contributed by atoms with E-state index in [0.29, 0.717) is 23.8 Å². The van der Waals surface area contributed by atoms with Gasteiger partial charge in [-0.3, -0.25) is 14.8 Å². The number of carbonyl (C=O) groups excluding carboxylic acids is 1. The molecule has 1 fully saturated rings. The molecule has 0 aliphatic carbocycles. The average molecular weight is 508 g/mol. The number of aromatic nitrogens is 4. The van der Waals surface area contributed by atoms with Crippen LogP contribution in [0, 0.1) is 0 Å². The molecule has 0 saturated carbocycles. The quantitative estimate of drug-likeness (QED) is 0.344. The smallest absolute Gasteiger partial charge is 0.275 e. The molecule has 188 valence electrons. The molecule has 1 saturated heterocycles. The molecule has 1 aromatic carbocycles. The minimum atomic E-state index is -0.260. The molecule has 2 atom stereocenters. The molecule has 1 amide bonds. The van der Waals surface area contributed by atoms with Gasteiger partial charge in [-0.25, -0.2) is 9.97 Å². The number of nitrogens with zero attached hydrogens (tertiary/aromatic N) is 4. The number of H-pyrrole nitrogens is 1.